The second kappa shape index (κ2) is 7.70. The van der Waals surface area contributed by atoms with Crippen LogP contribution in [-0.2, 0) is 4.79 Å². The Morgan fingerprint density at radius 2 is 2.27 bits per heavy atom. The van der Waals surface area contributed by atoms with E-state index in [0.717, 1.165) is 9.88 Å². The Morgan fingerprint density at radius 1 is 1.50 bits per heavy atom. The number of ether oxygens (including phenoxy) is 1. The van der Waals surface area contributed by atoms with Crippen molar-refractivity contribution >= 4 is 23.3 Å². The number of rotatable bonds is 6. The Labute approximate surface area is 132 Å². The minimum Gasteiger partial charge on any atom is -0.488 e. The lowest BCUT2D eigenvalue weighted by atomic mass is 10.3. The number of amides is 1. The van der Waals surface area contributed by atoms with Crippen molar-refractivity contribution in [1.82, 2.24) is 10.3 Å². The van der Waals surface area contributed by atoms with Crippen molar-refractivity contribution in [3.8, 4) is 5.75 Å². The summed E-state index contributed by atoms with van der Waals surface area (Å²) < 4.78 is 18.7. The zero-order chi connectivity index (χ0) is 15.9. The molecule has 0 aliphatic carbocycles. The van der Waals surface area contributed by atoms with Crippen LogP contribution >= 0.6 is 11.3 Å². The number of nitrogens with zero attached hydrogens (tertiary/aromatic N) is 1. The molecule has 0 saturated carbocycles. The van der Waals surface area contributed by atoms with Gasteiger partial charge < -0.3 is 10.1 Å². The number of aromatic nitrogens is 1. The molecule has 1 atom stereocenters. The first-order chi connectivity index (χ1) is 10.5. The van der Waals surface area contributed by atoms with Gasteiger partial charge in [-0.2, -0.15) is 0 Å². The number of aryl methyl sites for hydroxylation is 1. The summed E-state index contributed by atoms with van der Waals surface area (Å²) in [4.78, 5) is 16.8. The summed E-state index contributed by atoms with van der Waals surface area (Å²) in [7, 11) is 0. The van der Waals surface area contributed by atoms with Crippen molar-refractivity contribution in [1.29, 1.82) is 0 Å². The van der Waals surface area contributed by atoms with Gasteiger partial charge in [-0.1, -0.05) is 12.1 Å². The quantitative estimate of drug-likeness (QED) is 0.832. The first-order valence-electron chi connectivity index (χ1n) is 6.83. The van der Waals surface area contributed by atoms with Gasteiger partial charge in [0.2, 0.25) is 5.91 Å². The van der Waals surface area contributed by atoms with E-state index in [1.165, 1.54) is 23.5 Å². The minimum absolute atomic E-state index is 0.180. The molecule has 0 fully saturated rings. The van der Waals surface area contributed by atoms with Crippen LogP contribution in [0.2, 0.25) is 0 Å². The van der Waals surface area contributed by atoms with Gasteiger partial charge in [0.05, 0.1) is 11.0 Å². The number of carbonyl (C=O) groups is 1. The lowest BCUT2D eigenvalue weighted by molar-refractivity contribution is -0.117. The maximum Gasteiger partial charge on any atom is 0.244 e. The maximum atomic E-state index is 13.4. The molecular formula is C16H17FN2O2S. The van der Waals surface area contributed by atoms with E-state index in [1.807, 2.05) is 6.92 Å². The van der Waals surface area contributed by atoms with Gasteiger partial charge in [-0.05, 0) is 32.1 Å². The molecule has 0 bridgehead atoms. The number of hydrogen-bond donors (Lipinski definition) is 1. The summed E-state index contributed by atoms with van der Waals surface area (Å²) in [5, 5.41) is 3.71. The fourth-order valence-electron chi connectivity index (χ4n) is 1.72. The van der Waals surface area contributed by atoms with Gasteiger partial charge in [0.15, 0.2) is 11.6 Å². The summed E-state index contributed by atoms with van der Waals surface area (Å²) in [6, 6.07) is 5.94. The van der Waals surface area contributed by atoms with E-state index >= 15 is 0 Å². The molecule has 116 valence electrons. The van der Waals surface area contributed by atoms with Crippen LogP contribution in [0.25, 0.3) is 6.08 Å². The first-order valence-corrected chi connectivity index (χ1v) is 7.64. The minimum atomic E-state index is -0.415. The molecule has 1 amide bonds. The molecule has 2 rings (SSSR count). The SMILES string of the molecule is Cc1ncc(/C=C\C(=O)N[C@H](C)COc2ccccc2F)s1. The van der Waals surface area contributed by atoms with Gasteiger partial charge >= 0.3 is 0 Å². The molecule has 1 aromatic heterocycles. The van der Waals surface area contributed by atoms with E-state index in [0.29, 0.717) is 0 Å². The van der Waals surface area contributed by atoms with E-state index in [4.69, 9.17) is 4.74 Å². The number of hydrogen-bond acceptors (Lipinski definition) is 4. The van der Waals surface area contributed by atoms with Gasteiger partial charge in [0.1, 0.15) is 6.61 Å². The van der Waals surface area contributed by atoms with Crippen LogP contribution in [0.15, 0.2) is 36.5 Å². The third-order valence-corrected chi connectivity index (χ3v) is 3.63. The van der Waals surface area contributed by atoms with Gasteiger partial charge in [-0.25, -0.2) is 9.37 Å². The van der Waals surface area contributed by atoms with Crippen LogP contribution in [0.4, 0.5) is 4.39 Å². The molecule has 6 heteroatoms. The second-order valence-electron chi connectivity index (χ2n) is 4.77. The fraction of sp³-hybridized carbons (Fsp3) is 0.250. The summed E-state index contributed by atoms with van der Waals surface area (Å²) in [5.41, 5.74) is 0. The molecule has 0 unspecified atom stereocenters. The van der Waals surface area contributed by atoms with Crippen LogP contribution in [0.1, 0.15) is 16.8 Å². The number of nitrogens with one attached hydrogen (secondary N) is 1. The number of thiazole rings is 1. The Hall–Kier alpha value is -2.21. The monoisotopic (exact) mass is 320 g/mol. The van der Waals surface area contributed by atoms with E-state index < -0.39 is 5.82 Å². The predicted molar refractivity (Wildman–Crippen MR) is 85.4 cm³/mol. The molecule has 0 saturated heterocycles. The largest absolute Gasteiger partial charge is 0.488 e. The normalized spacial score (nSPS) is 12.3. The number of halogens is 1. The van der Waals surface area contributed by atoms with Gasteiger partial charge in [0, 0.05) is 17.2 Å². The zero-order valence-electron chi connectivity index (χ0n) is 12.4. The van der Waals surface area contributed by atoms with Gasteiger partial charge in [-0.15, -0.1) is 11.3 Å². The average Bonchev–Trinajstić information content (AvgIpc) is 2.90. The van der Waals surface area contributed by atoms with Gasteiger partial charge in [-0.3, -0.25) is 4.79 Å². The molecule has 4 nitrogen and oxygen atoms in total. The molecule has 1 N–H and O–H groups in total. The van der Waals surface area contributed by atoms with E-state index in [-0.39, 0.29) is 24.3 Å². The summed E-state index contributed by atoms with van der Waals surface area (Å²) in [5.74, 6) is -0.462. The lowest BCUT2D eigenvalue weighted by Gasteiger charge is -2.14. The van der Waals surface area contributed by atoms with Crippen molar-refractivity contribution in [3.63, 3.8) is 0 Å². The molecule has 1 aromatic carbocycles. The molecule has 22 heavy (non-hydrogen) atoms. The molecular weight excluding hydrogens is 303 g/mol. The van der Waals surface area contributed by atoms with E-state index in [2.05, 4.69) is 10.3 Å². The van der Waals surface area contributed by atoms with Crippen molar-refractivity contribution in [2.75, 3.05) is 6.61 Å². The van der Waals surface area contributed by atoms with Crippen LogP contribution in [0, 0.1) is 12.7 Å². The Kier molecular flexibility index (Phi) is 5.66. The van der Waals surface area contributed by atoms with Crippen molar-refractivity contribution in [3.05, 3.63) is 52.2 Å². The van der Waals surface area contributed by atoms with E-state index in [1.54, 1.807) is 37.4 Å². The third-order valence-electron chi connectivity index (χ3n) is 2.75. The van der Waals surface area contributed by atoms with Crippen molar-refractivity contribution in [2.45, 2.75) is 19.9 Å². The molecule has 0 radical (unpaired) electrons. The topological polar surface area (TPSA) is 51.2 Å². The van der Waals surface area contributed by atoms with Gasteiger partial charge in [0.25, 0.3) is 0 Å². The highest BCUT2D eigenvalue weighted by Crippen LogP contribution is 2.15. The standard InChI is InChI=1S/C16H17FN2O2S/c1-11(10-21-15-6-4-3-5-14(15)17)19-16(20)8-7-13-9-18-12(2)22-13/h3-9,11H,10H2,1-2H3,(H,19,20)/b8-7-/t11-/m1/s1. The summed E-state index contributed by atoms with van der Waals surface area (Å²) in [6.07, 6.45) is 4.88. The number of carbonyl (C=O) groups excluding carboxylic acids is 1. The molecule has 0 spiro atoms. The fourth-order valence-corrected chi connectivity index (χ4v) is 2.41. The Bertz CT molecular complexity index is 670. The number of para-hydroxylation sites is 1. The van der Waals surface area contributed by atoms with Crippen LogP contribution in [0.5, 0.6) is 5.75 Å². The third kappa shape index (κ3) is 4.96. The molecule has 0 aliphatic heterocycles. The first kappa shape index (κ1) is 16.2. The highest BCUT2D eigenvalue weighted by atomic mass is 32.1. The van der Waals surface area contributed by atoms with Crippen molar-refractivity contribution in [2.24, 2.45) is 0 Å². The van der Waals surface area contributed by atoms with Crippen LogP contribution < -0.4 is 10.1 Å². The van der Waals surface area contributed by atoms with Crippen LogP contribution in [-0.4, -0.2) is 23.5 Å². The predicted octanol–water partition coefficient (Wildman–Crippen LogP) is 3.19. The van der Waals surface area contributed by atoms with E-state index in [9.17, 15) is 9.18 Å². The Morgan fingerprint density at radius 3 is 2.95 bits per heavy atom. The maximum absolute atomic E-state index is 13.4. The Balaban J connectivity index is 1.79. The summed E-state index contributed by atoms with van der Waals surface area (Å²) >= 11 is 1.51. The molecule has 2 aromatic rings. The second-order valence-corrected chi connectivity index (χ2v) is 6.03. The lowest BCUT2D eigenvalue weighted by Crippen LogP contribution is -2.35. The number of benzene rings is 1. The zero-order valence-corrected chi connectivity index (χ0v) is 13.2. The van der Waals surface area contributed by atoms with Crippen LogP contribution in [0.3, 0.4) is 0 Å². The highest BCUT2D eigenvalue weighted by Gasteiger charge is 2.08. The molecule has 0 aliphatic rings. The van der Waals surface area contributed by atoms with Crippen molar-refractivity contribution < 1.29 is 13.9 Å². The smallest absolute Gasteiger partial charge is 0.244 e. The summed E-state index contributed by atoms with van der Waals surface area (Å²) in [6.45, 7) is 3.90. The average molecular weight is 320 g/mol. The molecule has 1 heterocycles. The highest BCUT2D eigenvalue weighted by molar-refractivity contribution is 7.12.